The molecule has 50 heavy (non-hydrogen) atoms. The molecule has 13 nitrogen and oxygen atoms in total. The molecular formula is C36H41BrN2O11. The summed E-state index contributed by atoms with van der Waals surface area (Å²) in [4.78, 5) is 50.7. The van der Waals surface area contributed by atoms with Crippen molar-refractivity contribution in [2.45, 2.75) is 45.0 Å². The molecule has 0 saturated carbocycles. The van der Waals surface area contributed by atoms with E-state index in [2.05, 4.69) is 25.7 Å². The Morgan fingerprint density at radius 1 is 0.900 bits per heavy atom. The second-order valence-corrected chi connectivity index (χ2v) is 12.1. The van der Waals surface area contributed by atoms with E-state index in [1.807, 2.05) is 38.1 Å². The highest BCUT2D eigenvalue weighted by atomic mass is 79.9. The average Bonchev–Trinajstić information content (AvgIpc) is 3.45. The van der Waals surface area contributed by atoms with Gasteiger partial charge in [-0.2, -0.15) is 0 Å². The summed E-state index contributed by atoms with van der Waals surface area (Å²) >= 11 is 3.04. The monoisotopic (exact) mass is 756 g/mol. The third kappa shape index (κ3) is 13.4. The Bertz CT molecular complexity index is 1690. The number of hydrogen-bond acceptors (Lipinski definition) is 10. The van der Waals surface area contributed by atoms with E-state index in [-0.39, 0.29) is 34.8 Å². The normalized spacial score (nSPS) is 10.8. The Balaban J connectivity index is 0.000000687. The number of methoxy groups -OCH3 is 2. The maximum atomic E-state index is 12.7. The van der Waals surface area contributed by atoms with Crippen molar-refractivity contribution in [1.29, 1.82) is 0 Å². The lowest BCUT2D eigenvalue weighted by Gasteiger charge is -2.20. The summed E-state index contributed by atoms with van der Waals surface area (Å²) in [5.41, 5.74) is 3.66. The summed E-state index contributed by atoms with van der Waals surface area (Å²) in [5, 5.41) is 9.28. The van der Waals surface area contributed by atoms with Crippen LogP contribution in [-0.2, 0) is 32.1 Å². The third-order valence-corrected chi connectivity index (χ3v) is 7.45. The summed E-state index contributed by atoms with van der Waals surface area (Å²) < 4.78 is 26.4. The molecule has 1 amide bonds. The summed E-state index contributed by atoms with van der Waals surface area (Å²) in [6.07, 6.45) is -0.342. The number of aliphatic carboxylic acids is 1. The fourth-order valence-corrected chi connectivity index (χ4v) is 4.33. The van der Waals surface area contributed by atoms with Crippen LogP contribution >= 0.6 is 15.9 Å². The van der Waals surface area contributed by atoms with Crippen molar-refractivity contribution in [2.24, 2.45) is 0 Å². The van der Waals surface area contributed by atoms with Crippen LogP contribution < -0.4 is 14.2 Å². The molecule has 4 aromatic rings. The van der Waals surface area contributed by atoms with E-state index >= 15 is 0 Å². The second kappa shape index (κ2) is 20.3. The highest BCUT2D eigenvalue weighted by Gasteiger charge is 2.20. The Hall–Kier alpha value is -5.21. The number of carboxylic acid groups (broad SMARTS) is 1. The van der Waals surface area contributed by atoms with Crippen LogP contribution in [0.3, 0.4) is 0 Å². The van der Waals surface area contributed by atoms with E-state index in [4.69, 9.17) is 18.6 Å². The van der Waals surface area contributed by atoms with Crippen molar-refractivity contribution in [3.05, 3.63) is 95.4 Å². The minimum Gasteiger partial charge on any atom is -0.497 e. The Kier molecular flexibility index (Phi) is 16.7. The number of oxazole rings is 1. The first-order valence-corrected chi connectivity index (χ1v) is 16.1. The second-order valence-electron chi connectivity index (χ2n) is 10.8. The molecule has 268 valence electrons. The molecule has 0 aliphatic heterocycles. The van der Waals surface area contributed by atoms with Crippen molar-refractivity contribution >= 4 is 39.7 Å². The van der Waals surface area contributed by atoms with E-state index in [9.17, 15) is 24.3 Å². The minimum atomic E-state index is -1.14. The quantitative estimate of drug-likeness (QED) is 0.0938. The molecule has 4 rings (SSSR count). The molecule has 14 heteroatoms. The minimum absolute atomic E-state index is 0. The van der Waals surface area contributed by atoms with Crippen molar-refractivity contribution in [3.8, 4) is 28.7 Å². The van der Waals surface area contributed by atoms with E-state index in [1.54, 1.807) is 55.5 Å². The summed E-state index contributed by atoms with van der Waals surface area (Å²) in [5.74, 6) is 1.09. The lowest BCUT2D eigenvalue weighted by atomic mass is 10.1. The van der Waals surface area contributed by atoms with Gasteiger partial charge in [0.25, 0.3) is 0 Å². The Labute approximate surface area is 298 Å². The lowest BCUT2D eigenvalue weighted by molar-refractivity contribution is -0.143. The zero-order chi connectivity index (χ0) is 35.9. The molecule has 0 fully saturated rings. The van der Waals surface area contributed by atoms with Crippen LogP contribution in [0.4, 0.5) is 4.79 Å². The molecule has 3 aromatic carbocycles. The summed E-state index contributed by atoms with van der Waals surface area (Å²) in [6, 6.07) is 21.6. The van der Waals surface area contributed by atoms with E-state index in [0.717, 1.165) is 27.5 Å². The van der Waals surface area contributed by atoms with Gasteiger partial charge in [0.05, 0.1) is 31.3 Å². The van der Waals surface area contributed by atoms with Gasteiger partial charge in [0.15, 0.2) is 5.78 Å². The third-order valence-electron chi connectivity index (χ3n) is 6.93. The highest BCUT2D eigenvalue weighted by Crippen LogP contribution is 2.23. The van der Waals surface area contributed by atoms with Crippen LogP contribution in [-0.4, -0.2) is 76.5 Å². The number of benzene rings is 3. The fourth-order valence-electron chi connectivity index (χ4n) is 4.17. The van der Waals surface area contributed by atoms with Crippen LogP contribution in [0.1, 0.15) is 35.9 Å². The van der Waals surface area contributed by atoms with Crippen LogP contribution in [0.15, 0.2) is 77.2 Å². The topological polar surface area (TPSA) is 186 Å². The first-order valence-electron chi connectivity index (χ1n) is 15.2. The van der Waals surface area contributed by atoms with Crippen LogP contribution in [0.2, 0.25) is 0 Å². The van der Waals surface area contributed by atoms with Gasteiger partial charge in [0, 0.05) is 18.5 Å². The number of alkyl halides is 1. The number of carbonyl (C=O) groups excluding carboxylic acids is 3. The van der Waals surface area contributed by atoms with Gasteiger partial charge in [-0.05, 0) is 74.9 Å². The molecule has 3 N–H and O–H groups in total. The number of esters is 1. The van der Waals surface area contributed by atoms with Crippen molar-refractivity contribution < 1.29 is 53.1 Å². The number of Topliss-reactive ketones (excluding diaryl/α,β-unsaturated/α-hetero) is 1. The van der Waals surface area contributed by atoms with Gasteiger partial charge in [-0.25, -0.2) is 9.78 Å². The number of halogens is 1. The molecule has 0 bridgehead atoms. The number of aromatic nitrogens is 1. The van der Waals surface area contributed by atoms with Gasteiger partial charge in [0.2, 0.25) is 5.89 Å². The molecule has 0 aliphatic rings. The number of carboxylic acids is 1. The molecule has 1 atom stereocenters. The van der Waals surface area contributed by atoms with E-state index in [0.29, 0.717) is 30.4 Å². The first kappa shape index (κ1) is 41.0. The summed E-state index contributed by atoms with van der Waals surface area (Å²) in [6.45, 7) is 5.54. The standard InChI is InChI=1S/C30H30N2O7.C6H9BrO3.H2O/c1-20-4-8-23(9-5-20)29-31-27(21(2)38-29)16-17-37-25-10-6-22(7-11-25)18-32(19-28(33)34)30(35)39-26-14-12-24(36-3)13-15-26;1-4(7)5(8)3-6(9)10-2;/h4-15H,16-19H2,1-3H3,(H,33,34);4H,3H2,1-2H3;1H2. The number of hydrogen-bond donors (Lipinski definition) is 1. The number of carbonyl (C=O) groups is 4. The Morgan fingerprint density at radius 3 is 2.06 bits per heavy atom. The van der Waals surface area contributed by atoms with Gasteiger partial charge >= 0.3 is 18.0 Å². The largest absolute Gasteiger partial charge is 0.497 e. The lowest BCUT2D eigenvalue weighted by Crippen LogP contribution is -2.37. The average molecular weight is 758 g/mol. The Morgan fingerprint density at radius 2 is 1.50 bits per heavy atom. The van der Waals surface area contributed by atoms with Gasteiger partial charge in [-0.1, -0.05) is 45.8 Å². The van der Waals surface area contributed by atoms with Crippen LogP contribution in [0, 0.1) is 13.8 Å². The maximum absolute atomic E-state index is 12.7. The molecular weight excluding hydrogens is 716 g/mol. The number of ether oxygens (including phenoxy) is 4. The van der Waals surface area contributed by atoms with Crippen LogP contribution in [0.25, 0.3) is 11.5 Å². The molecule has 1 unspecified atom stereocenters. The first-order chi connectivity index (χ1) is 23.4. The molecule has 0 saturated heterocycles. The van der Waals surface area contributed by atoms with E-state index in [1.165, 1.54) is 19.8 Å². The van der Waals surface area contributed by atoms with Gasteiger partial charge in [-0.3, -0.25) is 19.3 Å². The predicted molar refractivity (Wildman–Crippen MR) is 188 cm³/mol. The van der Waals surface area contributed by atoms with Crippen molar-refractivity contribution in [3.63, 3.8) is 0 Å². The highest BCUT2D eigenvalue weighted by molar-refractivity contribution is 9.10. The van der Waals surface area contributed by atoms with Crippen LogP contribution in [0.5, 0.6) is 17.2 Å². The van der Waals surface area contributed by atoms with Gasteiger partial charge in [0.1, 0.15) is 36.0 Å². The molecule has 1 heterocycles. The number of nitrogens with zero attached hydrogens (tertiary/aromatic N) is 2. The molecule has 0 radical (unpaired) electrons. The SMILES string of the molecule is COC(=O)CC(=O)C(C)Br.COc1ccc(OC(=O)N(CC(=O)O)Cc2ccc(OCCc3nc(-c4ccc(C)cc4)oc3C)cc2)cc1.O. The predicted octanol–water partition coefficient (Wildman–Crippen LogP) is 5.75. The smallest absolute Gasteiger partial charge is 0.416 e. The summed E-state index contributed by atoms with van der Waals surface area (Å²) in [7, 11) is 2.79. The number of rotatable bonds is 14. The zero-order valence-corrected chi connectivity index (χ0v) is 30.0. The zero-order valence-electron chi connectivity index (χ0n) is 28.4. The number of amides is 1. The fraction of sp³-hybridized carbons (Fsp3) is 0.306. The van der Waals surface area contributed by atoms with Crippen molar-refractivity contribution in [2.75, 3.05) is 27.4 Å². The van der Waals surface area contributed by atoms with Gasteiger partial charge < -0.3 is 33.9 Å². The molecule has 0 spiro atoms. The van der Waals surface area contributed by atoms with Gasteiger partial charge in [-0.15, -0.1) is 0 Å². The van der Waals surface area contributed by atoms with Crippen molar-refractivity contribution in [1.82, 2.24) is 9.88 Å². The number of ketones is 1. The molecule has 0 aliphatic carbocycles. The molecule has 1 aromatic heterocycles. The number of aryl methyl sites for hydroxylation is 2. The van der Waals surface area contributed by atoms with E-state index < -0.39 is 24.6 Å². The maximum Gasteiger partial charge on any atom is 0.416 e.